The van der Waals surface area contributed by atoms with Gasteiger partial charge in [0.25, 0.3) is 11.8 Å². The van der Waals surface area contributed by atoms with E-state index in [0.29, 0.717) is 6.42 Å². The summed E-state index contributed by atoms with van der Waals surface area (Å²) in [6, 6.07) is 2.97. The van der Waals surface area contributed by atoms with Gasteiger partial charge in [0.15, 0.2) is 6.10 Å². The van der Waals surface area contributed by atoms with Crippen LogP contribution in [-0.4, -0.2) is 46.9 Å². The van der Waals surface area contributed by atoms with Crippen molar-refractivity contribution in [2.24, 2.45) is 0 Å². The van der Waals surface area contributed by atoms with Crippen LogP contribution >= 0.6 is 11.6 Å². The van der Waals surface area contributed by atoms with Crippen molar-refractivity contribution in [1.82, 2.24) is 10.2 Å². The quantitative estimate of drug-likeness (QED) is 0.562. The van der Waals surface area contributed by atoms with Crippen molar-refractivity contribution in [3.63, 3.8) is 0 Å². The number of hydrogen-bond donors (Lipinski definition) is 2. The molecular formula is C17H19ClFN3O5. The van der Waals surface area contributed by atoms with Gasteiger partial charge < -0.3 is 15.4 Å². The highest BCUT2D eigenvalue weighted by atomic mass is 35.5. The van der Waals surface area contributed by atoms with Crippen LogP contribution in [0.5, 0.6) is 0 Å². The largest absolute Gasteiger partial charge is 0.451 e. The van der Waals surface area contributed by atoms with Gasteiger partial charge in [0.1, 0.15) is 17.9 Å². The molecule has 27 heavy (non-hydrogen) atoms. The molecule has 0 saturated carbocycles. The molecule has 4 amide bonds. The summed E-state index contributed by atoms with van der Waals surface area (Å²) in [4.78, 5) is 48.9. The number of rotatable bonds is 6. The van der Waals surface area contributed by atoms with E-state index in [4.69, 9.17) is 16.3 Å². The highest BCUT2D eigenvalue weighted by Crippen LogP contribution is 2.21. The van der Waals surface area contributed by atoms with Gasteiger partial charge in [0.2, 0.25) is 0 Å². The lowest BCUT2D eigenvalue weighted by atomic mass is 9.99. The van der Waals surface area contributed by atoms with E-state index >= 15 is 0 Å². The molecule has 1 aliphatic rings. The Morgan fingerprint density at radius 3 is 2.63 bits per heavy atom. The topological polar surface area (TPSA) is 105 Å². The number of carbonyl (C=O) groups is 4. The Labute approximate surface area is 160 Å². The fourth-order valence-electron chi connectivity index (χ4n) is 2.37. The number of anilines is 1. The van der Waals surface area contributed by atoms with Gasteiger partial charge in [0.05, 0.1) is 5.69 Å². The van der Waals surface area contributed by atoms with Crippen molar-refractivity contribution in [3.05, 3.63) is 29.0 Å². The molecule has 1 aromatic rings. The lowest BCUT2D eigenvalue weighted by Gasteiger charge is -2.19. The second-order valence-electron chi connectivity index (χ2n) is 6.25. The number of urea groups is 1. The first kappa shape index (κ1) is 20.6. The van der Waals surface area contributed by atoms with Gasteiger partial charge in [-0.05, 0) is 38.5 Å². The van der Waals surface area contributed by atoms with Crippen LogP contribution in [0.25, 0.3) is 0 Å². The van der Waals surface area contributed by atoms with E-state index in [1.807, 2.05) is 0 Å². The number of imide groups is 1. The molecule has 2 atom stereocenters. The number of ether oxygens (including phenoxy) is 1. The van der Waals surface area contributed by atoms with Gasteiger partial charge in [-0.2, -0.15) is 0 Å². The zero-order valence-electron chi connectivity index (χ0n) is 15.0. The number of halogens is 2. The maximum Gasteiger partial charge on any atom is 0.327 e. The summed E-state index contributed by atoms with van der Waals surface area (Å²) >= 11 is 5.63. The molecule has 1 saturated heterocycles. The van der Waals surface area contributed by atoms with Gasteiger partial charge in [-0.25, -0.2) is 9.18 Å². The SMILES string of the molecule is CC[C@@]1(C)NC(=O)N(CC(=O)O[C@@H](C)C(=O)Nc2ccc(Cl)cc2F)C1=O. The van der Waals surface area contributed by atoms with Crippen LogP contribution in [0.1, 0.15) is 27.2 Å². The number of carbonyl (C=O) groups excluding carboxylic acids is 4. The summed E-state index contributed by atoms with van der Waals surface area (Å²) in [5.74, 6) is -3.02. The lowest BCUT2D eigenvalue weighted by Crippen LogP contribution is -2.44. The Bertz CT molecular complexity index is 803. The van der Waals surface area contributed by atoms with E-state index in [9.17, 15) is 23.6 Å². The molecule has 0 spiro atoms. The number of esters is 1. The molecule has 2 N–H and O–H groups in total. The molecule has 2 rings (SSSR count). The lowest BCUT2D eigenvalue weighted by molar-refractivity contribution is -0.155. The Hall–Kier alpha value is -2.68. The van der Waals surface area contributed by atoms with Crippen molar-refractivity contribution >= 4 is 41.1 Å². The minimum atomic E-state index is -1.27. The monoisotopic (exact) mass is 399 g/mol. The van der Waals surface area contributed by atoms with Crippen molar-refractivity contribution in [2.45, 2.75) is 38.8 Å². The predicted octanol–water partition coefficient (Wildman–Crippen LogP) is 2.07. The predicted molar refractivity (Wildman–Crippen MR) is 94.5 cm³/mol. The van der Waals surface area contributed by atoms with Crippen LogP contribution < -0.4 is 10.6 Å². The van der Waals surface area contributed by atoms with Crippen molar-refractivity contribution in [3.8, 4) is 0 Å². The molecule has 0 bridgehead atoms. The van der Waals surface area contributed by atoms with Crippen molar-refractivity contribution < 1.29 is 28.3 Å². The number of nitrogens with one attached hydrogen (secondary N) is 2. The molecule has 0 aromatic heterocycles. The number of amides is 4. The highest BCUT2D eigenvalue weighted by Gasteiger charge is 2.47. The third kappa shape index (κ3) is 4.54. The Morgan fingerprint density at radius 1 is 1.41 bits per heavy atom. The van der Waals surface area contributed by atoms with E-state index in [1.54, 1.807) is 13.8 Å². The van der Waals surface area contributed by atoms with Gasteiger partial charge in [0, 0.05) is 5.02 Å². The molecule has 1 aliphatic heterocycles. The maximum atomic E-state index is 13.7. The van der Waals surface area contributed by atoms with Crippen molar-refractivity contribution in [1.29, 1.82) is 0 Å². The van der Waals surface area contributed by atoms with Gasteiger partial charge in [-0.15, -0.1) is 0 Å². The van der Waals surface area contributed by atoms with Gasteiger partial charge in [-0.3, -0.25) is 19.3 Å². The molecule has 0 aliphatic carbocycles. The van der Waals surface area contributed by atoms with Crippen LogP contribution in [0, 0.1) is 5.82 Å². The molecule has 10 heteroatoms. The average molecular weight is 400 g/mol. The van der Waals surface area contributed by atoms with E-state index in [0.717, 1.165) is 11.0 Å². The first-order chi connectivity index (χ1) is 12.6. The molecule has 1 aromatic carbocycles. The summed E-state index contributed by atoms with van der Waals surface area (Å²) in [5, 5.41) is 4.93. The van der Waals surface area contributed by atoms with Crippen molar-refractivity contribution in [2.75, 3.05) is 11.9 Å². The normalized spacial score (nSPS) is 20.3. The number of nitrogens with zero attached hydrogens (tertiary/aromatic N) is 1. The summed E-state index contributed by atoms with van der Waals surface area (Å²) in [5.41, 5.74) is -1.20. The smallest absolute Gasteiger partial charge is 0.327 e. The zero-order valence-corrected chi connectivity index (χ0v) is 15.7. The fraction of sp³-hybridized carbons (Fsp3) is 0.412. The van der Waals surface area contributed by atoms with Crippen LogP contribution in [0.4, 0.5) is 14.9 Å². The number of hydrogen-bond acceptors (Lipinski definition) is 5. The van der Waals surface area contributed by atoms with Crippen LogP contribution in [0.2, 0.25) is 5.02 Å². The fourth-order valence-corrected chi connectivity index (χ4v) is 2.53. The van der Waals surface area contributed by atoms with Gasteiger partial charge in [-0.1, -0.05) is 18.5 Å². The first-order valence-corrected chi connectivity index (χ1v) is 8.54. The summed E-state index contributed by atoms with van der Waals surface area (Å²) < 4.78 is 18.6. The first-order valence-electron chi connectivity index (χ1n) is 8.17. The molecule has 146 valence electrons. The molecule has 1 fully saturated rings. The third-order valence-corrected chi connectivity index (χ3v) is 4.44. The van der Waals surface area contributed by atoms with E-state index in [-0.39, 0.29) is 10.7 Å². The summed E-state index contributed by atoms with van der Waals surface area (Å²) in [6.45, 7) is 3.92. The van der Waals surface area contributed by atoms with Gasteiger partial charge >= 0.3 is 12.0 Å². The minimum Gasteiger partial charge on any atom is -0.451 e. The third-order valence-electron chi connectivity index (χ3n) is 4.21. The molecule has 0 radical (unpaired) electrons. The molecule has 8 nitrogen and oxygen atoms in total. The maximum absolute atomic E-state index is 13.7. The van der Waals surface area contributed by atoms with Crippen LogP contribution in [0.3, 0.4) is 0 Å². The summed E-state index contributed by atoms with van der Waals surface area (Å²) in [7, 11) is 0. The Balaban J connectivity index is 1.94. The summed E-state index contributed by atoms with van der Waals surface area (Å²) in [6.07, 6.45) is -0.917. The number of benzene rings is 1. The second kappa shape index (κ2) is 7.91. The van der Waals surface area contributed by atoms with Crippen LogP contribution in [-0.2, 0) is 19.1 Å². The standard InChI is InChI=1S/C17H19ClFN3O5/c1-4-17(3)15(25)22(16(26)21-17)8-13(23)27-9(2)14(24)20-12-6-5-10(18)7-11(12)19/h5-7,9H,4,8H2,1-3H3,(H,20,24)(H,21,26)/t9-,17+/m0/s1. The molecule has 0 unspecified atom stereocenters. The Morgan fingerprint density at radius 2 is 2.07 bits per heavy atom. The Kier molecular flexibility index (Phi) is 6.04. The molecular weight excluding hydrogens is 381 g/mol. The minimum absolute atomic E-state index is 0.125. The second-order valence-corrected chi connectivity index (χ2v) is 6.69. The zero-order chi connectivity index (χ0) is 20.4. The highest BCUT2D eigenvalue weighted by molar-refractivity contribution is 6.30. The molecule has 1 heterocycles. The van der Waals surface area contributed by atoms with E-state index in [1.165, 1.54) is 19.1 Å². The van der Waals surface area contributed by atoms with E-state index < -0.39 is 47.8 Å². The van der Waals surface area contributed by atoms with E-state index in [2.05, 4.69) is 10.6 Å². The average Bonchev–Trinajstić information content (AvgIpc) is 2.81. The van der Waals surface area contributed by atoms with Crippen LogP contribution in [0.15, 0.2) is 18.2 Å².